The molecule has 1 heterocycles. The molecule has 1 aliphatic heterocycles. The molecule has 1 aromatic rings. The summed E-state index contributed by atoms with van der Waals surface area (Å²) in [4.78, 5) is 0. The molecule has 1 aliphatic rings. The van der Waals surface area contributed by atoms with Crippen LogP contribution in [0.1, 0.15) is 31.7 Å². The van der Waals surface area contributed by atoms with Crippen LogP contribution in [0.3, 0.4) is 0 Å². The van der Waals surface area contributed by atoms with Crippen molar-refractivity contribution in [1.82, 2.24) is 5.32 Å². The molecule has 1 N–H and O–H groups in total. The molecule has 0 bridgehead atoms. The zero-order valence-electron chi connectivity index (χ0n) is 11.5. The van der Waals surface area contributed by atoms with Crippen molar-refractivity contribution in [3.8, 4) is 5.75 Å². The molecule has 2 rings (SSSR count). The molecule has 0 saturated carbocycles. The van der Waals surface area contributed by atoms with E-state index in [0.717, 1.165) is 31.4 Å². The van der Waals surface area contributed by atoms with Gasteiger partial charge in [-0.3, -0.25) is 0 Å². The van der Waals surface area contributed by atoms with Gasteiger partial charge in [-0.25, -0.2) is 4.39 Å². The Labute approximate surface area is 114 Å². The molecule has 1 saturated heterocycles. The van der Waals surface area contributed by atoms with Crippen LogP contribution in [0.2, 0.25) is 0 Å². The minimum Gasteiger partial charge on any atom is -0.487 e. The van der Waals surface area contributed by atoms with E-state index in [1.807, 2.05) is 6.07 Å². The fourth-order valence-corrected chi connectivity index (χ4v) is 2.13. The zero-order valence-corrected chi connectivity index (χ0v) is 11.5. The van der Waals surface area contributed by atoms with Crippen molar-refractivity contribution in [3.05, 3.63) is 29.6 Å². The summed E-state index contributed by atoms with van der Waals surface area (Å²) in [6.45, 7) is 5.15. The second-order valence-corrected chi connectivity index (χ2v) is 4.87. The van der Waals surface area contributed by atoms with Crippen molar-refractivity contribution in [3.63, 3.8) is 0 Å². The van der Waals surface area contributed by atoms with Crippen molar-refractivity contribution in [2.45, 2.75) is 38.8 Å². The van der Waals surface area contributed by atoms with Crippen molar-refractivity contribution >= 4 is 0 Å². The molecule has 0 aromatic heterocycles. The number of halogens is 1. The summed E-state index contributed by atoms with van der Waals surface area (Å²) in [5.74, 6) is 0.0773. The number of ether oxygens (including phenoxy) is 2. The van der Waals surface area contributed by atoms with E-state index in [1.165, 1.54) is 0 Å². The highest BCUT2D eigenvalue weighted by Gasteiger charge is 2.17. The normalized spacial score (nSPS) is 16.5. The minimum absolute atomic E-state index is 0.0762. The highest BCUT2D eigenvalue weighted by Crippen LogP contribution is 2.22. The average Bonchev–Trinajstić information content (AvgIpc) is 2.43. The first-order chi connectivity index (χ1) is 9.29. The third kappa shape index (κ3) is 4.48. The number of hydrogen-bond donors (Lipinski definition) is 1. The molecule has 1 fully saturated rings. The number of nitrogens with one attached hydrogen (secondary N) is 1. The summed E-state index contributed by atoms with van der Waals surface area (Å²) < 4.78 is 24.9. The Kier molecular flexibility index (Phi) is 5.61. The van der Waals surface area contributed by atoms with Gasteiger partial charge in [0.1, 0.15) is 6.10 Å². The monoisotopic (exact) mass is 267 g/mol. The predicted octanol–water partition coefficient (Wildman–Crippen LogP) is 2.88. The van der Waals surface area contributed by atoms with Crippen molar-refractivity contribution < 1.29 is 13.9 Å². The molecule has 0 radical (unpaired) electrons. The van der Waals surface area contributed by atoms with Gasteiger partial charge in [0, 0.05) is 19.4 Å². The van der Waals surface area contributed by atoms with E-state index in [9.17, 15) is 4.39 Å². The largest absolute Gasteiger partial charge is 0.487 e. The van der Waals surface area contributed by atoms with Gasteiger partial charge in [-0.05, 0) is 30.7 Å². The van der Waals surface area contributed by atoms with E-state index >= 15 is 0 Å². The van der Waals surface area contributed by atoms with Crippen molar-refractivity contribution in [2.75, 3.05) is 19.8 Å². The zero-order chi connectivity index (χ0) is 13.5. The number of rotatable bonds is 6. The third-order valence-corrected chi connectivity index (χ3v) is 3.21. The second kappa shape index (κ2) is 7.46. The topological polar surface area (TPSA) is 30.5 Å². The fourth-order valence-electron chi connectivity index (χ4n) is 2.13. The smallest absolute Gasteiger partial charge is 0.165 e. The Balaban J connectivity index is 1.90. The molecule has 0 atom stereocenters. The van der Waals surface area contributed by atoms with Gasteiger partial charge in [-0.1, -0.05) is 13.0 Å². The number of benzene rings is 1. The van der Waals surface area contributed by atoms with E-state index < -0.39 is 0 Å². The third-order valence-electron chi connectivity index (χ3n) is 3.21. The maximum atomic E-state index is 13.9. The Morgan fingerprint density at radius 1 is 1.37 bits per heavy atom. The van der Waals surface area contributed by atoms with Crippen LogP contribution < -0.4 is 10.1 Å². The summed E-state index contributed by atoms with van der Waals surface area (Å²) in [5.41, 5.74) is 0.949. The first kappa shape index (κ1) is 14.3. The molecule has 106 valence electrons. The van der Waals surface area contributed by atoms with Gasteiger partial charge in [-0.2, -0.15) is 0 Å². The Morgan fingerprint density at radius 2 is 2.16 bits per heavy atom. The van der Waals surface area contributed by atoms with Crippen LogP contribution in [0.15, 0.2) is 18.2 Å². The van der Waals surface area contributed by atoms with Crippen molar-refractivity contribution in [2.24, 2.45) is 0 Å². The molecular weight excluding hydrogens is 245 g/mol. The summed E-state index contributed by atoms with van der Waals surface area (Å²) >= 11 is 0. The Hall–Kier alpha value is -1.13. The SMILES string of the molecule is CCCNCc1ccc(OC2CCOCC2)c(F)c1. The lowest BCUT2D eigenvalue weighted by Crippen LogP contribution is -2.26. The molecule has 0 amide bonds. The van der Waals surface area contributed by atoms with Gasteiger partial charge >= 0.3 is 0 Å². The highest BCUT2D eigenvalue weighted by atomic mass is 19.1. The average molecular weight is 267 g/mol. The summed E-state index contributed by atoms with van der Waals surface area (Å²) in [6, 6.07) is 5.20. The Bertz CT molecular complexity index is 392. The van der Waals surface area contributed by atoms with Crippen LogP contribution >= 0.6 is 0 Å². The van der Waals surface area contributed by atoms with Gasteiger partial charge in [0.2, 0.25) is 0 Å². The quantitative estimate of drug-likeness (QED) is 0.804. The molecule has 19 heavy (non-hydrogen) atoms. The van der Waals surface area contributed by atoms with Crippen LogP contribution in [0.5, 0.6) is 5.75 Å². The molecule has 0 unspecified atom stereocenters. The van der Waals surface area contributed by atoms with Crippen molar-refractivity contribution in [1.29, 1.82) is 0 Å². The molecular formula is C15H22FNO2. The molecule has 0 aliphatic carbocycles. The maximum absolute atomic E-state index is 13.9. The fraction of sp³-hybridized carbons (Fsp3) is 0.600. The molecule has 0 spiro atoms. The van der Waals surface area contributed by atoms with Gasteiger partial charge in [0.05, 0.1) is 13.2 Å². The second-order valence-electron chi connectivity index (χ2n) is 4.87. The summed E-state index contributed by atoms with van der Waals surface area (Å²) in [5, 5.41) is 3.26. The van der Waals surface area contributed by atoms with E-state index in [0.29, 0.717) is 25.5 Å². The predicted molar refractivity (Wildman–Crippen MR) is 72.9 cm³/mol. The number of hydrogen-bond acceptors (Lipinski definition) is 3. The molecule has 3 nitrogen and oxygen atoms in total. The summed E-state index contributed by atoms with van der Waals surface area (Å²) in [6.07, 6.45) is 2.82. The minimum atomic E-state index is -0.276. The van der Waals surface area contributed by atoms with E-state index in [-0.39, 0.29) is 11.9 Å². The van der Waals surface area contributed by atoms with Gasteiger partial charge in [-0.15, -0.1) is 0 Å². The van der Waals surface area contributed by atoms with Crippen LogP contribution in [0.25, 0.3) is 0 Å². The van der Waals surface area contributed by atoms with E-state index in [4.69, 9.17) is 9.47 Å². The van der Waals surface area contributed by atoms with Crippen LogP contribution in [0.4, 0.5) is 4.39 Å². The van der Waals surface area contributed by atoms with Gasteiger partial charge in [0.25, 0.3) is 0 Å². The van der Waals surface area contributed by atoms with Gasteiger partial charge < -0.3 is 14.8 Å². The van der Waals surface area contributed by atoms with E-state index in [2.05, 4.69) is 12.2 Å². The van der Waals surface area contributed by atoms with Crippen LogP contribution in [-0.4, -0.2) is 25.9 Å². The summed E-state index contributed by atoms with van der Waals surface area (Å²) in [7, 11) is 0. The Morgan fingerprint density at radius 3 is 2.84 bits per heavy atom. The first-order valence-electron chi connectivity index (χ1n) is 7.03. The molecule has 4 heteroatoms. The van der Waals surface area contributed by atoms with E-state index in [1.54, 1.807) is 12.1 Å². The standard InChI is InChI=1S/C15H22FNO2/c1-2-7-17-11-12-3-4-15(14(16)10-12)19-13-5-8-18-9-6-13/h3-4,10,13,17H,2,5-9,11H2,1H3. The maximum Gasteiger partial charge on any atom is 0.165 e. The lowest BCUT2D eigenvalue weighted by molar-refractivity contribution is 0.0240. The van der Waals surface area contributed by atoms with Crippen LogP contribution in [0, 0.1) is 5.82 Å². The van der Waals surface area contributed by atoms with Crippen LogP contribution in [-0.2, 0) is 11.3 Å². The lowest BCUT2D eigenvalue weighted by Gasteiger charge is -2.23. The lowest BCUT2D eigenvalue weighted by atomic mass is 10.1. The highest BCUT2D eigenvalue weighted by molar-refractivity contribution is 5.29. The van der Waals surface area contributed by atoms with Gasteiger partial charge in [0.15, 0.2) is 11.6 Å². The first-order valence-corrected chi connectivity index (χ1v) is 7.03. The molecule has 1 aromatic carbocycles.